The molecule has 8 heteroatoms. The molecule has 0 aliphatic rings. The van der Waals surface area contributed by atoms with Gasteiger partial charge in [0.25, 0.3) is 11.6 Å². The van der Waals surface area contributed by atoms with Crippen molar-refractivity contribution in [3.63, 3.8) is 0 Å². The Kier molecular flexibility index (Phi) is 4.50. The van der Waals surface area contributed by atoms with Crippen LogP contribution in [-0.2, 0) is 11.2 Å². The molecule has 1 aromatic heterocycles. The monoisotopic (exact) mass is 304 g/mol. The number of nitro benzene ring substituents is 1. The molecule has 0 aliphatic heterocycles. The van der Waals surface area contributed by atoms with Gasteiger partial charge in [-0.3, -0.25) is 14.9 Å². The average Bonchev–Trinajstić information content (AvgIpc) is 2.94. The van der Waals surface area contributed by atoms with E-state index in [0.717, 1.165) is 0 Å². The number of nitrogens with zero attached hydrogens (tertiary/aromatic N) is 3. The highest BCUT2D eigenvalue weighted by Gasteiger charge is 2.20. The van der Waals surface area contributed by atoms with E-state index < -0.39 is 4.92 Å². The Morgan fingerprint density at radius 3 is 2.77 bits per heavy atom. The Morgan fingerprint density at radius 2 is 2.18 bits per heavy atom. The topological polar surface area (TPSA) is 111 Å². The summed E-state index contributed by atoms with van der Waals surface area (Å²) in [5, 5.41) is 17.3. The summed E-state index contributed by atoms with van der Waals surface area (Å²) >= 11 is 0. The summed E-state index contributed by atoms with van der Waals surface area (Å²) in [6.07, 6.45) is -0.00777. The second-order valence-electron chi connectivity index (χ2n) is 5.05. The predicted molar refractivity (Wildman–Crippen MR) is 78.2 cm³/mol. The molecule has 116 valence electrons. The van der Waals surface area contributed by atoms with Gasteiger partial charge in [-0.05, 0) is 12.0 Å². The Bertz CT molecular complexity index is 709. The van der Waals surface area contributed by atoms with E-state index in [2.05, 4.69) is 15.5 Å². The molecule has 0 saturated carbocycles. The van der Waals surface area contributed by atoms with E-state index in [1.165, 1.54) is 13.1 Å². The Hall–Kier alpha value is -2.77. The van der Waals surface area contributed by atoms with Crippen LogP contribution < -0.4 is 5.32 Å². The van der Waals surface area contributed by atoms with Crippen LogP contribution in [-0.4, -0.2) is 28.0 Å². The molecule has 1 N–H and O–H groups in total. The molecule has 0 saturated heterocycles. The van der Waals surface area contributed by atoms with Crippen LogP contribution in [0.2, 0.25) is 0 Å². The van der Waals surface area contributed by atoms with Crippen LogP contribution >= 0.6 is 0 Å². The van der Waals surface area contributed by atoms with Crippen LogP contribution in [0.1, 0.15) is 31.2 Å². The van der Waals surface area contributed by atoms with Crippen LogP contribution in [0.25, 0.3) is 11.5 Å². The molecule has 0 bridgehead atoms. The lowest BCUT2D eigenvalue weighted by Gasteiger charge is -2.06. The summed E-state index contributed by atoms with van der Waals surface area (Å²) in [6.45, 7) is 3.77. The van der Waals surface area contributed by atoms with Crippen molar-refractivity contribution in [2.24, 2.45) is 0 Å². The molecular formula is C14H16N4O4. The van der Waals surface area contributed by atoms with Crippen molar-refractivity contribution >= 4 is 11.6 Å². The van der Waals surface area contributed by atoms with Gasteiger partial charge >= 0.3 is 0 Å². The van der Waals surface area contributed by atoms with E-state index in [4.69, 9.17) is 4.52 Å². The first-order chi connectivity index (χ1) is 10.4. The van der Waals surface area contributed by atoms with Crippen LogP contribution in [0.3, 0.4) is 0 Å². The minimum absolute atomic E-state index is 0.00777. The number of hydrogen-bond acceptors (Lipinski definition) is 6. The molecule has 1 heterocycles. The maximum Gasteiger partial charge on any atom is 0.273 e. The number of hydrogen-bond donors (Lipinski definition) is 1. The van der Waals surface area contributed by atoms with Gasteiger partial charge in [0.2, 0.25) is 5.91 Å². The van der Waals surface area contributed by atoms with E-state index in [-0.39, 0.29) is 35.6 Å². The molecule has 2 aromatic rings. The number of rotatable bonds is 5. The van der Waals surface area contributed by atoms with Crippen molar-refractivity contribution in [3.05, 3.63) is 39.7 Å². The highest BCUT2D eigenvalue weighted by molar-refractivity contribution is 5.77. The first kappa shape index (κ1) is 15.6. The van der Waals surface area contributed by atoms with Crippen molar-refractivity contribution in [3.8, 4) is 11.5 Å². The molecule has 8 nitrogen and oxygen atoms in total. The largest absolute Gasteiger partial charge is 0.359 e. The van der Waals surface area contributed by atoms with Crippen LogP contribution in [0.5, 0.6) is 0 Å². The van der Waals surface area contributed by atoms with E-state index in [0.29, 0.717) is 11.1 Å². The molecule has 1 aromatic carbocycles. The predicted octanol–water partition coefficient (Wildman–Crippen LogP) is 2.06. The number of likely N-dealkylation sites (N-methyl/N-ethyl adjacent to an activating group) is 1. The highest BCUT2D eigenvalue weighted by atomic mass is 16.6. The number of benzene rings is 1. The molecule has 2 rings (SSSR count). The number of nitro groups is 1. The first-order valence-electron chi connectivity index (χ1n) is 6.74. The summed E-state index contributed by atoms with van der Waals surface area (Å²) in [4.78, 5) is 26.1. The molecule has 0 radical (unpaired) electrons. The molecule has 0 spiro atoms. The quantitative estimate of drug-likeness (QED) is 0.668. The minimum Gasteiger partial charge on any atom is -0.359 e. The highest BCUT2D eigenvalue weighted by Crippen LogP contribution is 2.30. The van der Waals surface area contributed by atoms with Crippen molar-refractivity contribution in [1.29, 1.82) is 0 Å². The van der Waals surface area contributed by atoms with E-state index in [1.54, 1.807) is 12.1 Å². The van der Waals surface area contributed by atoms with Crippen molar-refractivity contribution < 1.29 is 14.2 Å². The minimum atomic E-state index is -0.430. The fourth-order valence-corrected chi connectivity index (χ4v) is 2.00. The van der Waals surface area contributed by atoms with Gasteiger partial charge < -0.3 is 9.84 Å². The lowest BCUT2D eigenvalue weighted by atomic mass is 9.99. The molecule has 0 unspecified atom stereocenters. The molecule has 0 fully saturated rings. The van der Waals surface area contributed by atoms with Crippen molar-refractivity contribution in [2.45, 2.75) is 26.2 Å². The summed E-state index contributed by atoms with van der Waals surface area (Å²) in [5.74, 6) is 0.164. The van der Waals surface area contributed by atoms with E-state index in [9.17, 15) is 14.9 Å². The normalized spacial score (nSPS) is 10.7. The van der Waals surface area contributed by atoms with Crippen LogP contribution in [0.15, 0.2) is 22.7 Å². The summed E-state index contributed by atoms with van der Waals surface area (Å²) in [6, 6.07) is 4.78. The van der Waals surface area contributed by atoms with E-state index >= 15 is 0 Å². The molecule has 0 atom stereocenters. The van der Waals surface area contributed by atoms with Crippen molar-refractivity contribution in [2.75, 3.05) is 7.05 Å². The van der Waals surface area contributed by atoms with Crippen molar-refractivity contribution in [1.82, 2.24) is 15.5 Å². The number of carbonyl (C=O) groups excluding carboxylic acids is 1. The SMILES string of the molecule is CNC(=O)Cc1noc(-c2ccc(C(C)C)c([N+](=O)[O-])c2)n1. The fraction of sp³-hybridized carbons (Fsp3) is 0.357. The number of amides is 1. The molecule has 22 heavy (non-hydrogen) atoms. The molecule has 1 amide bonds. The maximum atomic E-state index is 11.3. The van der Waals surface area contributed by atoms with Gasteiger partial charge in [0.1, 0.15) is 0 Å². The molecule has 0 aliphatic carbocycles. The Labute approximate surface area is 126 Å². The lowest BCUT2D eigenvalue weighted by Crippen LogP contribution is -2.20. The zero-order chi connectivity index (χ0) is 16.3. The third kappa shape index (κ3) is 3.27. The van der Waals surface area contributed by atoms with Gasteiger partial charge in [0, 0.05) is 24.2 Å². The van der Waals surface area contributed by atoms with Gasteiger partial charge in [-0.2, -0.15) is 4.98 Å². The van der Waals surface area contributed by atoms with Crippen LogP contribution in [0, 0.1) is 10.1 Å². The fourth-order valence-electron chi connectivity index (χ4n) is 2.00. The third-order valence-corrected chi connectivity index (χ3v) is 3.16. The summed E-state index contributed by atoms with van der Waals surface area (Å²) in [5.41, 5.74) is 1.10. The van der Waals surface area contributed by atoms with E-state index in [1.807, 2.05) is 13.8 Å². The summed E-state index contributed by atoms with van der Waals surface area (Å²) < 4.78 is 5.07. The average molecular weight is 304 g/mol. The third-order valence-electron chi connectivity index (χ3n) is 3.16. The number of carbonyl (C=O) groups is 1. The van der Waals surface area contributed by atoms with Gasteiger partial charge in [-0.25, -0.2) is 0 Å². The number of nitrogens with one attached hydrogen (secondary N) is 1. The zero-order valence-electron chi connectivity index (χ0n) is 12.5. The smallest absolute Gasteiger partial charge is 0.273 e. The standard InChI is InChI=1S/C14H16N4O4/c1-8(2)10-5-4-9(6-11(10)18(20)21)14-16-12(17-22-14)7-13(19)15-3/h4-6,8H,7H2,1-3H3,(H,15,19). The van der Waals surface area contributed by atoms with Gasteiger partial charge in [-0.15, -0.1) is 0 Å². The first-order valence-corrected chi connectivity index (χ1v) is 6.74. The maximum absolute atomic E-state index is 11.3. The molecular weight excluding hydrogens is 288 g/mol. The lowest BCUT2D eigenvalue weighted by molar-refractivity contribution is -0.385. The summed E-state index contributed by atoms with van der Waals surface area (Å²) in [7, 11) is 1.51. The Balaban J connectivity index is 2.35. The number of aromatic nitrogens is 2. The Morgan fingerprint density at radius 1 is 1.45 bits per heavy atom. The van der Waals surface area contributed by atoms with Gasteiger partial charge in [0.05, 0.1) is 11.3 Å². The van der Waals surface area contributed by atoms with Gasteiger partial charge in [0.15, 0.2) is 5.82 Å². The van der Waals surface area contributed by atoms with Crippen LogP contribution in [0.4, 0.5) is 5.69 Å². The second kappa shape index (κ2) is 6.33. The van der Waals surface area contributed by atoms with Gasteiger partial charge in [-0.1, -0.05) is 25.1 Å². The second-order valence-corrected chi connectivity index (χ2v) is 5.05. The zero-order valence-corrected chi connectivity index (χ0v) is 12.5.